The number of benzene rings is 3. The smallest absolute Gasteiger partial charge is 0.379 e. The van der Waals surface area contributed by atoms with E-state index in [4.69, 9.17) is 61.3 Å². The van der Waals surface area contributed by atoms with Crippen LogP contribution in [-0.4, -0.2) is 179 Å². The van der Waals surface area contributed by atoms with Crippen LogP contribution in [0.4, 0.5) is 0 Å². The molecule has 0 fully saturated rings. The van der Waals surface area contributed by atoms with Crippen LogP contribution >= 0.6 is 0 Å². The quantitative estimate of drug-likeness (QED) is 0.0263. The molecule has 0 bridgehead atoms. The molecule has 0 aliphatic heterocycles. The molecule has 0 saturated heterocycles. The number of esters is 1. The number of ether oxygens (including phenoxy) is 12. The van der Waals surface area contributed by atoms with Crippen LogP contribution in [0.5, 0.6) is 0 Å². The molecule has 64 heavy (non-hydrogen) atoms. The first-order valence-electron chi connectivity index (χ1n) is 22.2. The monoisotopic (exact) mass is 916 g/mol. The predicted molar refractivity (Wildman–Crippen MR) is 244 cm³/mol. The zero-order valence-electron chi connectivity index (χ0n) is 38.3. The summed E-state index contributed by atoms with van der Waals surface area (Å²) in [6.07, 6.45) is 0. The fourth-order valence-corrected chi connectivity index (χ4v) is 10.8. The molecule has 16 heteroatoms. The molecule has 358 valence electrons. The van der Waals surface area contributed by atoms with Crippen molar-refractivity contribution in [2.45, 2.75) is 25.8 Å². The highest BCUT2D eigenvalue weighted by Crippen LogP contribution is 2.36. The van der Waals surface area contributed by atoms with Gasteiger partial charge in [0.15, 0.2) is 0 Å². The minimum absolute atomic E-state index is 0.00674. The van der Waals surface area contributed by atoms with Gasteiger partial charge in [-0.25, -0.2) is 4.79 Å². The van der Waals surface area contributed by atoms with Gasteiger partial charge < -0.3 is 61.3 Å². The number of hydrogen-bond acceptors (Lipinski definition) is 15. The van der Waals surface area contributed by atoms with E-state index in [0.29, 0.717) is 151 Å². The molecule has 0 aliphatic rings. The lowest BCUT2D eigenvalue weighted by molar-refractivity contribution is -0.139. The van der Waals surface area contributed by atoms with E-state index in [1.807, 2.05) is 12.1 Å². The summed E-state index contributed by atoms with van der Waals surface area (Å²) < 4.78 is 72.7. The fraction of sp³-hybridized carbons (Fsp3) is 0.583. The van der Waals surface area contributed by atoms with Crippen LogP contribution in [0.1, 0.15) is 31.1 Å². The summed E-state index contributed by atoms with van der Waals surface area (Å²) in [4.78, 5) is 23.7. The standard InChI is InChI=1S/C48H72O15Si/c1-48(2,3)64(44-15-9-5-10-16-44,45-17-11-6-12-18-45)63-42-40-61-38-36-59-34-32-57-30-28-55-26-24-53-22-20-51-19-21-52-23-25-54-27-29-56-31-33-58-35-37-60-39-41-62-47(50)46(49)43-13-7-4-8-14-43/h4-18H,19-42H2,1-3H3. The molecule has 3 aromatic carbocycles. The third-order valence-corrected chi connectivity index (χ3v) is 14.4. The van der Waals surface area contributed by atoms with Gasteiger partial charge in [0.2, 0.25) is 0 Å². The molecule has 15 nitrogen and oxygen atoms in total. The molecule has 0 atom stereocenters. The molecule has 0 saturated carbocycles. The van der Waals surface area contributed by atoms with E-state index in [2.05, 4.69) is 69.3 Å². The maximum absolute atomic E-state index is 11.9. The Morgan fingerprint density at radius 2 is 0.609 bits per heavy atom. The van der Waals surface area contributed by atoms with Crippen LogP contribution < -0.4 is 10.4 Å². The van der Waals surface area contributed by atoms with Crippen molar-refractivity contribution in [2.24, 2.45) is 0 Å². The van der Waals surface area contributed by atoms with Gasteiger partial charge in [0, 0.05) is 5.56 Å². The van der Waals surface area contributed by atoms with Crippen molar-refractivity contribution in [3.05, 3.63) is 96.6 Å². The maximum Gasteiger partial charge on any atom is 0.379 e. The van der Waals surface area contributed by atoms with E-state index in [1.165, 1.54) is 10.4 Å². The molecule has 0 spiro atoms. The van der Waals surface area contributed by atoms with Gasteiger partial charge in [0.05, 0.1) is 152 Å². The lowest BCUT2D eigenvalue weighted by Gasteiger charge is -2.43. The largest absolute Gasteiger partial charge is 0.457 e. The van der Waals surface area contributed by atoms with Crippen LogP contribution in [0, 0.1) is 0 Å². The van der Waals surface area contributed by atoms with Crippen molar-refractivity contribution in [3.8, 4) is 0 Å². The molecular formula is C48H72O15Si. The van der Waals surface area contributed by atoms with Gasteiger partial charge in [-0.05, 0) is 15.4 Å². The molecule has 3 aromatic rings. The minimum Gasteiger partial charge on any atom is -0.457 e. The number of ketones is 1. The lowest BCUT2D eigenvalue weighted by atomic mass is 10.1. The summed E-state index contributed by atoms with van der Waals surface area (Å²) in [5.74, 6) is -1.58. The van der Waals surface area contributed by atoms with Crippen LogP contribution in [0.3, 0.4) is 0 Å². The van der Waals surface area contributed by atoms with Crippen molar-refractivity contribution in [1.82, 2.24) is 0 Å². The van der Waals surface area contributed by atoms with Gasteiger partial charge >= 0.3 is 5.97 Å². The Bertz CT molecular complexity index is 1520. The van der Waals surface area contributed by atoms with E-state index in [-0.39, 0.29) is 18.3 Å². The molecule has 0 unspecified atom stereocenters. The Morgan fingerprint density at radius 1 is 0.359 bits per heavy atom. The van der Waals surface area contributed by atoms with Crippen molar-refractivity contribution in [3.63, 3.8) is 0 Å². The van der Waals surface area contributed by atoms with Crippen LogP contribution in [0.2, 0.25) is 5.04 Å². The second kappa shape index (κ2) is 35.8. The highest BCUT2D eigenvalue weighted by Gasteiger charge is 2.50. The van der Waals surface area contributed by atoms with E-state index < -0.39 is 20.1 Å². The van der Waals surface area contributed by atoms with Gasteiger partial charge in [0.1, 0.15) is 6.61 Å². The summed E-state index contributed by atoms with van der Waals surface area (Å²) in [5, 5.41) is 2.45. The SMILES string of the molecule is CC(C)(C)[Si](OCCOCCOCCOCCOCCOCCOCCOCCOCCOCCOCCOCCOC(=O)C(=O)c1ccccc1)(c1ccccc1)c1ccccc1. The zero-order chi connectivity index (χ0) is 45.7. The van der Waals surface area contributed by atoms with E-state index in [9.17, 15) is 9.59 Å². The topological polar surface area (TPSA) is 154 Å². The first-order chi connectivity index (χ1) is 31.4. The molecule has 0 heterocycles. The molecule has 0 amide bonds. The first kappa shape index (κ1) is 54.9. The highest BCUT2D eigenvalue weighted by molar-refractivity contribution is 6.99. The average molecular weight is 917 g/mol. The number of Topliss-reactive ketones (excluding diaryl/α,β-unsaturated/α-hetero) is 1. The van der Waals surface area contributed by atoms with E-state index in [1.54, 1.807) is 30.3 Å². The molecule has 3 rings (SSSR count). The molecular weight excluding hydrogens is 845 g/mol. The summed E-state index contributed by atoms with van der Waals surface area (Å²) in [7, 11) is -2.55. The van der Waals surface area contributed by atoms with E-state index >= 15 is 0 Å². The van der Waals surface area contributed by atoms with Crippen molar-refractivity contribution < 1.29 is 70.9 Å². The second-order valence-corrected chi connectivity index (χ2v) is 19.4. The zero-order valence-corrected chi connectivity index (χ0v) is 39.3. The maximum atomic E-state index is 11.9. The minimum atomic E-state index is -2.55. The van der Waals surface area contributed by atoms with Crippen molar-refractivity contribution in [1.29, 1.82) is 0 Å². The van der Waals surface area contributed by atoms with Crippen LogP contribution in [0.15, 0.2) is 91.0 Å². The Morgan fingerprint density at radius 3 is 0.891 bits per heavy atom. The number of carbonyl (C=O) groups is 2. The van der Waals surface area contributed by atoms with E-state index in [0.717, 1.165) is 0 Å². The third kappa shape index (κ3) is 23.6. The molecule has 0 N–H and O–H groups in total. The average Bonchev–Trinajstić information content (AvgIpc) is 3.31. The Balaban J connectivity index is 0.971. The van der Waals surface area contributed by atoms with Gasteiger partial charge in [0.25, 0.3) is 14.1 Å². The summed E-state index contributed by atoms with van der Waals surface area (Å²) >= 11 is 0. The number of carbonyl (C=O) groups excluding carboxylic acids is 2. The van der Waals surface area contributed by atoms with Gasteiger partial charge in [-0.15, -0.1) is 0 Å². The van der Waals surface area contributed by atoms with Crippen molar-refractivity contribution in [2.75, 3.05) is 159 Å². The second-order valence-electron chi connectivity index (χ2n) is 15.1. The predicted octanol–water partition coefficient (Wildman–Crippen LogP) is 4.17. The number of hydrogen-bond donors (Lipinski definition) is 0. The summed E-state index contributed by atoms with van der Waals surface area (Å²) in [6, 6.07) is 29.5. The highest BCUT2D eigenvalue weighted by atomic mass is 28.4. The Hall–Kier alpha value is -3.46. The van der Waals surface area contributed by atoms with Crippen LogP contribution in [-0.2, 0) is 66.1 Å². The molecule has 0 radical (unpaired) electrons. The van der Waals surface area contributed by atoms with Gasteiger partial charge in [-0.1, -0.05) is 112 Å². The fourth-order valence-electron chi connectivity index (χ4n) is 6.28. The summed E-state index contributed by atoms with van der Waals surface area (Å²) in [5.41, 5.74) is 0.293. The van der Waals surface area contributed by atoms with Gasteiger partial charge in [-0.3, -0.25) is 4.79 Å². The Kier molecular flexibility index (Phi) is 30.7. The first-order valence-corrected chi connectivity index (χ1v) is 24.1. The summed E-state index contributed by atoms with van der Waals surface area (Å²) in [6.45, 7) is 17.2. The van der Waals surface area contributed by atoms with Crippen molar-refractivity contribution >= 4 is 30.4 Å². The van der Waals surface area contributed by atoms with Crippen LogP contribution in [0.25, 0.3) is 0 Å². The number of rotatable bonds is 41. The normalized spacial score (nSPS) is 11.9. The molecule has 0 aromatic heterocycles. The third-order valence-electron chi connectivity index (χ3n) is 9.37. The molecule has 0 aliphatic carbocycles. The lowest BCUT2D eigenvalue weighted by Crippen LogP contribution is -2.66. The Labute approximate surface area is 381 Å². The van der Waals surface area contributed by atoms with Gasteiger partial charge in [-0.2, -0.15) is 0 Å².